The van der Waals surface area contributed by atoms with Crippen LogP contribution in [-0.2, 0) is 4.79 Å². The molecule has 0 aliphatic carbocycles. The zero-order chi connectivity index (χ0) is 18.5. The lowest BCUT2D eigenvalue weighted by Gasteiger charge is -2.32. The fraction of sp³-hybridized carbons (Fsp3) is 0.700. The molecule has 3 heterocycles. The van der Waals surface area contributed by atoms with E-state index in [1.807, 2.05) is 13.8 Å². The van der Waals surface area contributed by atoms with Crippen molar-refractivity contribution in [1.29, 1.82) is 0 Å². The molecule has 0 radical (unpaired) electrons. The summed E-state index contributed by atoms with van der Waals surface area (Å²) in [5.74, 6) is 1.35. The van der Waals surface area contributed by atoms with E-state index >= 15 is 0 Å². The summed E-state index contributed by atoms with van der Waals surface area (Å²) >= 11 is 0. The van der Waals surface area contributed by atoms with Gasteiger partial charge in [-0.3, -0.25) is 9.59 Å². The van der Waals surface area contributed by atoms with Crippen LogP contribution in [0.1, 0.15) is 54.0 Å². The number of hydrogen-bond acceptors (Lipinski definition) is 4. The third-order valence-electron chi connectivity index (χ3n) is 5.53. The molecule has 1 N–H and O–H groups in total. The smallest absolute Gasteiger partial charge is 0.257 e. The average molecular weight is 361 g/mol. The lowest BCUT2D eigenvalue weighted by Crippen LogP contribution is -2.46. The van der Waals surface area contributed by atoms with Gasteiger partial charge in [-0.2, -0.15) is 0 Å². The minimum absolute atomic E-state index is 0.0230. The van der Waals surface area contributed by atoms with Crippen molar-refractivity contribution in [2.75, 3.05) is 39.3 Å². The van der Waals surface area contributed by atoms with Crippen molar-refractivity contribution >= 4 is 11.8 Å². The Kier molecular flexibility index (Phi) is 6.35. The lowest BCUT2D eigenvalue weighted by atomic mass is 9.96. The molecule has 1 aromatic heterocycles. The summed E-state index contributed by atoms with van der Waals surface area (Å²) in [6.07, 6.45) is 5.57. The monoisotopic (exact) mass is 361 g/mol. The van der Waals surface area contributed by atoms with Gasteiger partial charge in [-0.15, -0.1) is 0 Å². The number of amides is 2. The number of hydrogen-bond donors (Lipinski definition) is 1. The summed E-state index contributed by atoms with van der Waals surface area (Å²) in [5, 5.41) is 3.08. The molecule has 0 spiro atoms. The molecule has 1 atom stereocenters. The first-order valence-electron chi connectivity index (χ1n) is 9.91. The highest BCUT2D eigenvalue weighted by atomic mass is 16.3. The second kappa shape index (κ2) is 8.71. The van der Waals surface area contributed by atoms with Crippen LogP contribution in [0.15, 0.2) is 10.5 Å². The molecule has 2 aliphatic rings. The van der Waals surface area contributed by atoms with E-state index in [0.29, 0.717) is 31.0 Å². The summed E-state index contributed by atoms with van der Waals surface area (Å²) in [7, 11) is 0. The normalized spacial score (nSPS) is 21.6. The van der Waals surface area contributed by atoms with Crippen LogP contribution in [0.25, 0.3) is 0 Å². The van der Waals surface area contributed by atoms with Gasteiger partial charge < -0.3 is 19.5 Å². The SMILES string of the molecule is Cc1cc(C(=O)N2CCCC(C(=O)NCCN3CCCCC3)C2)c(C)o1. The number of furan rings is 1. The average Bonchev–Trinajstić information content (AvgIpc) is 3.00. The minimum Gasteiger partial charge on any atom is -0.466 e. The van der Waals surface area contributed by atoms with Crippen LogP contribution < -0.4 is 5.32 Å². The third-order valence-corrected chi connectivity index (χ3v) is 5.53. The van der Waals surface area contributed by atoms with Crippen molar-refractivity contribution in [2.24, 2.45) is 5.92 Å². The Hall–Kier alpha value is -1.82. The Bertz CT molecular complexity index is 634. The lowest BCUT2D eigenvalue weighted by molar-refractivity contribution is -0.126. The topological polar surface area (TPSA) is 65.8 Å². The third kappa shape index (κ3) is 4.67. The van der Waals surface area contributed by atoms with Crippen molar-refractivity contribution in [3.8, 4) is 0 Å². The van der Waals surface area contributed by atoms with E-state index in [4.69, 9.17) is 4.42 Å². The summed E-state index contributed by atoms with van der Waals surface area (Å²) in [5.41, 5.74) is 0.619. The van der Waals surface area contributed by atoms with Crippen LogP contribution >= 0.6 is 0 Å². The van der Waals surface area contributed by atoms with Gasteiger partial charge in [0.05, 0.1) is 11.5 Å². The second-order valence-corrected chi connectivity index (χ2v) is 7.61. The van der Waals surface area contributed by atoms with Gasteiger partial charge in [-0.25, -0.2) is 0 Å². The van der Waals surface area contributed by atoms with E-state index in [1.165, 1.54) is 19.3 Å². The predicted octanol–water partition coefficient (Wildman–Crippen LogP) is 2.35. The second-order valence-electron chi connectivity index (χ2n) is 7.61. The molecule has 144 valence electrons. The Morgan fingerprint density at radius 2 is 1.92 bits per heavy atom. The van der Waals surface area contributed by atoms with Crippen molar-refractivity contribution in [3.05, 3.63) is 23.2 Å². The number of carbonyl (C=O) groups is 2. The Morgan fingerprint density at radius 3 is 2.62 bits per heavy atom. The number of aryl methyl sites for hydroxylation is 2. The quantitative estimate of drug-likeness (QED) is 0.874. The van der Waals surface area contributed by atoms with Gasteiger partial charge >= 0.3 is 0 Å². The van der Waals surface area contributed by atoms with Crippen LogP contribution in [0.2, 0.25) is 0 Å². The van der Waals surface area contributed by atoms with Crippen LogP contribution in [0.3, 0.4) is 0 Å². The van der Waals surface area contributed by atoms with E-state index in [2.05, 4.69) is 10.2 Å². The van der Waals surface area contributed by atoms with Gasteiger partial charge in [0.1, 0.15) is 11.5 Å². The Labute approximate surface area is 155 Å². The first-order chi connectivity index (χ1) is 12.5. The summed E-state index contributed by atoms with van der Waals surface area (Å²) in [6.45, 7) is 8.78. The number of nitrogens with one attached hydrogen (secondary N) is 1. The highest BCUT2D eigenvalue weighted by Gasteiger charge is 2.30. The predicted molar refractivity (Wildman–Crippen MR) is 100 cm³/mol. The van der Waals surface area contributed by atoms with E-state index in [1.54, 1.807) is 11.0 Å². The fourth-order valence-corrected chi connectivity index (χ4v) is 4.05. The molecule has 0 bridgehead atoms. The number of piperidine rings is 2. The van der Waals surface area contributed by atoms with E-state index in [9.17, 15) is 9.59 Å². The van der Waals surface area contributed by atoms with Gasteiger partial charge in [0.25, 0.3) is 5.91 Å². The summed E-state index contributed by atoms with van der Waals surface area (Å²) in [6, 6.07) is 1.79. The molecule has 0 aromatic carbocycles. The highest BCUT2D eigenvalue weighted by molar-refractivity contribution is 5.95. The summed E-state index contributed by atoms with van der Waals surface area (Å²) in [4.78, 5) is 29.5. The molecule has 6 heteroatoms. The molecule has 3 rings (SSSR count). The summed E-state index contributed by atoms with van der Waals surface area (Å²) < 4.78 is 5.48. The molecular formula is C20H31N3O3. The van der Waals surface area contributed by atoms with E-state index < -0.39 is 0 Å². The maximum atomic E-state index is 12.8. The molecule has 1 unspecified atom stereocenters. The Morgan fingerprint density at radius 1 is 1.15 bits per heavy atom. The molecule has 6 nitrogen and oxygen atoms in total. The number of rotatable bonds is 5. The molecule has 2 fully saturated rings. The zero-order valence-electron chi connectivity index (χ0n) is 16.1. The molecule has 0 saturated carbocycles. The van der Waals surface area contributed by atoms with Crippen LogP contribution in [0.4, 0.5) is 0 Å². The van der Waals surface area contributed by atoms with Crippen molar-refractivity contribution in [2.45, 2.75) is 46.0 Å². The highest BCUT2D eigenvalue weighted by Crippen LogP contribution is 2.22. The minimum atomic E-state index is -0.109. The standard InChI is InChI=1S/C20H31N3O3/c1-15-13-18(16(2)26-15)20(25)23-11-6-7-17(14-23)19(24)21-8-12-22-9-4-3-5-10-22/h13,17H,3-12,14H2,1-2H3,(H,21,24). The molecule has 2 aliphatic heterocycles. The largest absolute Gasteiger partial charge is 0.466 e. The van der Waals surface area contributed by atoms with Crippen molar-refractivity contribution in [3.63, 3.8) is 0 Å². The first kappa shape index (κ1) is 19.0. The van der Waals surface area contributed by atoms with Gasteiger partial charge in [0.15, 0.2) is 0 Å². The van der Waals surface area contributed by atoms with Gasteiger partial charge in [-0.05, 0) is 58.7 Å². The van der Waals surface area contributed by atoms with E-state index in [0.717, 1.165) is 38.2 Å². The van der Waals surface area contributed by atoms with Gasteiger partial charge in [0.2, 0.25) is 5.91 Å². The van der Waals surface area contributed by atoms with Crippen LogP contribution in [-0.4, -0.2) is 60.9 Å². The van der Waals surface area contributed by atoms with Crippen LogP contribution in [0, 0.1) is 19.8 Å². The molecular weight excluding hydrogens is 330 g/mol. The molecule has 1 aromatic rings. The first-order valence-corrected chi connectivity index (χ1v) is 9.91. The maximum Gasteiger partial charge on any atom is 0.257 e. The molecule has 26 heavy (non-hydrogen) atoms. The van der Waals surface area contributed by atoms with E-state index in [-0.39, 0.29) is 17.7 Å². The van der Waals surface area contributed by atoms with Crippen molar-refractivity contribution in [1.82, 2.24) is 15.1 Å². The van der Waals surface area contributed by atoms with Crippen molar-refractivity contribution < 1.29 is 14.0 Å². The van der Waals surface area contributed by atoms with Crippen LogP contribution in [0.5, 0.6) is 0 Å². The maximum absolute atomic E-state index is 12.8. The number of nitrogens with zero attached hydrogens (tertiary/aromatic N) is 2. The molecule has 2 saturated heterocycles. The van der Waals surface area contributed by atoms with Gasteiger partial charge in [0, 0.05) is 26.2 Å². The van der Waals surface area contributed by atoms with Gasteiger partial charge in [-0.1, -0.05) is 6.42 Å². The number of carbonyl (C=O) groups excluding carboxylic acids is 2. The fourth-order valence-electron chi connectivity index (χ4n) is 4.05. The number of likely N-dealkylation sites (tertiary alicyclic amines) is 2. The zero-order valence-corrected chi connectivity index (χ0v) is 16.1. The molecule has 2 amide bonds. The Balaban J connectivity index is 1.48.